The predicted molar refractivity (Wildman–Crippen MR) is 74.5 cm³/mol. The molecule has 2 aromatic carbocycles. The van der Waals surface area contributed by atoms with Gasteiger partial charge in [-0.05, 0) is 22.9 Å². The Morgan fingerprint density at radius 2 is 1.74 bits per heavy atom. The van der Waals surface area contributed by atoms with Crippen LogP contribution in [0.3, 0.4) is 0 Å². The first-order chi connectivity index (χ1) is 9.08. The lowest BCUT2D eigenvalue weighted by Crippen LogP contribution is -2.28. The van der Waals surface area contributed by atoms with E-state index in [1.165, 1.54) is 0 Å². The van der Waals surface area contributed by atoms with Crippen molar-refractivity contribution < 1.29 is 9.59 Å². The van der Waals surface area contributed by atoms with Crippen LogP contribution in [0.1, 0.15) is 16.8 Å². The summed E-state index contributed by atoms with van der Waals surface area (Å²) in [6, 6.07) is 11.2. The monoisotopic (exact) mass is 257 g/mol. The first kappa shape index (κ1) is 12.9. The predicted octanol–water partition coefficient (Wildman–Crippen LogP) is 1.03. The lowest BCUT2D eigenvalue weighted by Gasteiger charge is -2.08. The minimum Gasteiger partial charge on any atom is -0.398 e. The summed E-state index contributed by atoms with van der Waals surface area (Å²) in [6.07, 6.45) is 0.110. The molecule has 5 N–H and O–H groups in total. The van der Waals surface area contributed by atoms with Gasteiger partial charge in [-0.25, -0.2) is 0 Å². The van der Waals surface area contributed by atoms with Gasteiger partial charge in [-0.2, -0.15) is 0 Å². The van der Waals surface area contributed by atoms with Gasteiger partial charge in [0, 0.05) is 18.7 Å². The molecular weight excluding hydrogens is 242 g/mol. The Hall–Kier alpha value is -2.56. The zero-order chi connectivity index (χ0) is 13.8. The molecule has 0 saturated heterocycles. The summed E-state index contributed by atoms with van der Waals surface area (Å²) in [5, 5.41) is 4.54. The number of nitrogens with two attached hydrogens (primary N) is 2. The quantitative estimate of drug-likeness (QED) is 0.713. The zero-order valence-corrected chi connectivity index (χ0v) is 10.3. The maximum Gasteiger partial charge on any atom is 0.253 e. The van der Waals surface area contributed by atoms with Crippen LogP contribution in [0.15, 0.2) is 36.4 Å². The molecule has 5 nitrogen and oxygen atoms in total. The SMILES string of the molecule is NC(=O)CCNC(=O)c1cc2ccccc2cc1N. The number of hydrogen-bond donors (Lipinski definition) is 3. The standard InChI is InChI=1S/C14H15N3O2/c15-12-8-10-4-2-1-3-9(10)7-11(12)14(19)17-6-5-13(16)18/h1-4,7-8H,5-6,15H2,(H2,16,18)(H,17,19). The molecule has 0 aliphatic carbocycles. The van der Waals surface area contributed by atoms with Crippen LogP contribution in [0.2, 0.25) is 0 Å². The lowest BCUT2D eigenvalue weighted by molar-refractivity contribution is -0.117. The molecule has 0 unspecified atom stereocenters. The van der Waals surface area contributed by atoms with E-state index >= 15 is 0 Å². The van der Waals surface area contributed by atoms with Crippen LogP contribution >= 0.6 is 0 Å². The second-order valence-electron chi connectivity index (χ2n) is 4.26. The third-order valence-corrected chi connectivity index (χ3v) is 2.82. The molecule has 0 bridgehead atoms. The first-order valence-electron chi connectivity index (χ1n) is 5.92. The molecule has 2 rings (SSSR count). The molecule has 0 aliphatic rings. The number of fused-ring (bicyclic) bond motifs is 1. The van der Waals surface area contributed by atoms with Gasteiger partial charge in [-0.15, -0.1) is 0 Å². The number of carbonyl (C=O) groups excluding carboxylic acids is 2. The van der Waals surface area contributed by atoms with Crippen molar-refractivity contribution in [2.45, 2.75) is 6.42 Å². The van der Waals surface area contributed by atoms with Crippen molar-refractivity contribution in [2.75, 3.05) is 12.3 Å². The van der Waals surface area contributed by atoms with Gasteiger partial charge in [-0.3, -0.25) is 9.59 Å². The lowest BCUT2D eigenvalue weighted by atomic mass is 10.0. The van der Waals surface area contributed by atoms with Crippen molar-refractivity contribution in [3.05, 3.63) is 42.0 Å². The van der Waals surface area contributed by atoms with Crippen molar-refractivity contribution in [1.29, 1.82) is 0 Å². The zero-order valence-electron chi connectivity index (χ0n) is 10.3. The number of benzene rings is 2. The van der Waals surface area contributed by atoms with Crippen LogP contribution in [-0.4, -0.2) is 18.4 Å². The van der Waals surface area contributed by atoms with Gasteiger partial charge < -0.3 is 16.8 Å². The highest BCUT2D eigenvalue weighted by Crippen LogP contribution is 2.21. The van der Waals surface area contributed by atoms with Crippen molar-refractivity contribution >= 4 is 28.3 Å². The summed E-state index contributed by atoms with van der Waals surface area (Å²) in [5.74, 6) is -0.753. The number of rotatable bonds is 4. The highest BCUT2D eigenvalue weighted by atomic mass is 16.2. The van der Waals surface area contributed by atoms with Crippen molar-refractivity contribution in [3.63, 3.8) is 0 Å². The second kappa shape index (κ2) is 5.39. The molecule has 0 aromatic heterocycles. The van der Waals surface area contributed by atoms with Gasteiger partial charge >= 0.3 is 0 Å². The Kier molecular flexibility index (Phi) is 3.66. The van der Waals surface area contributed by atoms with E-state index in [2.05, 4.69) is 5.32 Å². The molecule has 98 valence electrons. The summed E-state index contributed by atoms with van der Waals surface area (Å²) < 4.78 is 0. The van der Waals surface area contributed by atoms with E-state index in [-0.39, 0.29) is 18.9 Å². The summed E-state index contributed by atoms with van der Waals surface area (Å²) in [4.78, 5) is 22.6. The van der Waals surface area contributed by atoms with Crippen molar-refractivity contribution in [2.24, 2.45) is 5.73 Å². The fourth-order valence-corrected chi connectivity index (χ4v) is 1.85. The highest BCUT2D eigenvalue weighted by molar-refractivity contribution is 6.04. The van der Waals surface area contributed by atoms with Crippen molar-refractivity contribution in [1.82, 2.24) is 5.32 Å². The van der Waals surface area contributed by atoms with Gasteiger partial charge in [0.15, 0.2) is 0 Å². The molecule has 5 heteroatoms. The molecule has 0 atom stereocenters. The molecule has 2 aromatic rings. The van der Waals surface area contributed by atoms with Gasteiger partial charge in [0.05, 0.1) is 5.56 Å². The largest absolute Gasteiger partial charge is 0.398 e. The van der Waals surface area contributed by atoms with Crippen LogP contribution in [0.4, 0.5) is 5.69 Å². The molecule has 0 heterocycles. The Morgan fingerprint density at radius 3 is 2.37 bits per heavy atom. The topological polar surface area (TPSA) is 98.2 Å². The molecular formula is C14H15N3O2. The van der Waals surface area contributed by atoms with E-state index < -0.39 is 5.91 Å². The first-order valence-corrected chi connectivity index (χ1v) is 5.92. The molecule has 19 heavy (non-hydrogen) atoms. The van der Waals surface area contributed by atoms with Gasteiger partial charge in [0.1, 0.15) is 0 Å². The molecule has 0 radical (unpaired) electrons. The molecule has 0 aliphatic heterocycles. The minimum atomic E-state index is -0.452. The normalized spacial score (nSPS) is 10.3. The molecule has 2 amide bonds. The number of hydrogen-bond acceptors (Lipinski definition) is 3. The maximum absolute atomic E-state index is 11.9. The van der Waals surface area contributed by atoms with Crippen LogP contribution in [0.25, 0.3) is 10.8 Å². The van der Waals surface area contributed by atoms with E-state index in [4.69, 9.17) is 11.5 Å². The van der Waals surface area contributed by atoms with Crippen LogP contribution in [-0.2, 0) is 4.79 Å². The average Bonchev–Trinajstić information content (AvgIpc) is 2.37. The van der Waals surface area contributed by atoms with Gasteiger partial charge in [0.2, 0.25) is 5.91 Å². The number of primary amides is 1. The Balaban J connectivity index is 2.21. The smallest absolute Gasteiger partial charge is 0.253 e. The van der Waals surface area contributed by atoms with Crippen LogP contribution in [0, 0.1) is 0 Å². The number of nitrogen functional groups attached to an aromatic ring is 1. The number of anilines is 1. The molecule has 0 saturated carbocycles. The van der Waals surface area contributed by atoms with Crippen LogP contribution in [0.5, 0.6) is 0 Å². The number of nitrogens with one attached hydrogen (secondary N) is 1. The maximum atomic E-state index is 11.9. The van der Waals surface area contributed by atoms with Gasteiger partial charge in [0.25, 0.3) is 5.91 Å². The van der Waals surface area contributed by atoms with Gasteiger partial charge in [-0.1, -0.05) is 24.3 Å². The van der Waals surface area contributed by atoms with E-state index in [1.54, 1.807) is 12.1 Å². The second-order valence-corrected chi connectivity index (χ2v) is 4.26. The summed E-state index contributed by atoms with van der Waals surface area (Å²) >= 11 is 0. The number of amides is 2. The fraction of sp³-hybridized carbons (Fsp3) is 0.143. The Morgan fingerprint density at radius 1 is 1.11 bits per heavy atom. The average molecular weight is 257 g/mol. The van der Waals surface area contributed by atoms with E-state index in [0.29, 0.717) is 11.3 Å². The molecule has 0 spiro atoms. The Bertz CT molecular complexity index is 638. The van der Waals surface area contributed by atoms with E-state index in [9.17, 15) is 9.59 Å². The molecule has 0 fully saturated rings. The summed E-state index contributed by atoms with van der Waals surface area (Å²) in [7, 11) is 0. The highest BCUT2D eigenvalue weighted by Gasteiger charge is 2.10. The summed E-state index contributed by atoms with van der Waals surface area (Å²) in [6.45, 7) is 0.209. The van der Waals surface area contributed by atoms with E-state index in [0.717, 1.165) is 10.8 Å². The number of carbonyl (C=O) groups is 2. The van der Waals surface area contributed by atoms with E-state index in [1.807, 2.05) is 24.3 Å². The third kappa shape index (κ3) is 3.01. The van der Waals surface area contributed by atoms with Crippen molar-refractivity contribution in [3.8, 4) is 0 Å². The Labute approximate surface area is 110 Å². The summed E-state index contributed by atoms with van der Waals surface area (Å²) in [5.41, 5.74) is 11.7. The third-order valence-electron chi connectivity index (χ3n) is 2.82. The fourth-order valence-electron chi connectivity index (χ4n) is 1.85. The van der Waals surface area contributed by atoms with Crippen LogP contribution < -0.4 is 16.8 Å². The minimum absolute atomic E-state index is 0.110.